The fourth-order valence-corrected chi connectivity index (χ4v) is 5.72. The van der Waals surface area contributed by atoms with E-state index in [0.29, 0.717) is 31.0 Å². The number of nitrogens with zero attached hydrogens (tertiary/aromatic N) is 1. The zero-order chi connectivity index (χ0) is 18.6. The number of aryl methyl sites for hydroxylation is 1. The van der Waals surface area contributed by atoms with Crippen LogP contribution in [-0.4, -0.2) is 50.9 Å². The molecule has 2 N–H and O–H groups in total. The molecule has 0 saturated carbocycles. The highest BCUT2D eigenvalue weighted by Gasteiger charge is 2.32. The van der Waals surface area contributed by atoms with Crippen LogP contribution in [0.3, 0.4) is 0 Å². The summed E-state index contributed by atoms with van der Waals surface area (Å²) in [6.07, 6.45) is 4.38. The summed E-state index contributed by atoms with van der Waals surface area (Å²) in [5.41, 5.74) is 0.857. The standard InChI is InChI=1S/C19H29N3O3S/c1-2-16-8-3-4-10-18(16)26(24,25)22-12-6-7-15(14-22)13-21-19(23)17-9-5-11-20-17/h3-4,8,10,15,17,20H,2,5-7,9,11-14H2,1H3,(H,21,23). The van der Waals surface area contributed by atoms with Gasteiger partial charge in [0.25, 0.3) is 0 Å². The van der Waals surface area contributed by atoms with Crippen molar-refractivity contribution in [2.45, 2.75) is 50.0 Å². The molecule has 2 fully saturated rings. The molecule has 2 heterocycles. The second-order valence-corrected chi connectivity index (χ2v) is 9.13. The molecule has 2 aliphatic heterocycles. The van der Waals surface area contributed by atoms with E-state index in [9.17, 15) is 13.2 Å². The van der Waals surface area contributed by atoms with Gasteiger partial charge in [0.15, 0.2) is 0 Å². The van der Waals surface area contributed by atoms with Gasteiger partial charge >= 0.3 is 0 Å². The number of amides is 1. The van der Waals surface area contributed by atoms with Gasteiger partial charge in [-0.25, -0.2) is 8.42 Å². The molecule has 6 nitrogen and oxygen atoms in total. The van der Waals surface area contributed by atoms with Crippen molar-refractivity contribution >= 4 is 15.9 Å². The van der Waals surface area contributed by atoms with E-state index < -0.39 is 10.0 Å². The van der Waals surface area contributed by atoms with E-state index in [1.165, 1.54) is 0 Å². The van der Waals surface area contributed by atoms with Crippen LogP contribution < -0.4 is 10.6 Å². The van der Waals surface area contributed by atoms with E-state index in [1.54, 1.807) is 16.4 Å². The Morgan fingerprint density at radius 3 is 2.81 bits per heavy atom. The monoisotopic (exact) mass is 379 g/mol. The first-order valence-corrected chi connectivity index (χ1v) is 11.1. The fourth-order valence-electron chi connectivity index (χ4n) is 3.87. The summed E-state index contributed by atoms with van der Waals surface area (Å²) >= 11 is 0. The van der Waals surface area contributed by atoms with Crippen LogP contribution in [-0.2, 0) is 21.2 Å². The van der Waals surface area contributed by atoms with Crippen molar-refractivity contribution in [1.29, 1.82) is 0 Å². The van der Waals surface area contributed by atoms with Gasteiger partial charge in [-0.05, 0) is 56.2 Å². The number of hydrogen-bond donors (Lipinski definition) is 2. The van der Waals surface area contributed by atoms with Gasteiger partial charge in [0.1, 0.15) is 0 Å². The Hall–Kier alpha value is -1.44. The zero-order valence-electron chi connectivity index (χ0n) is 15.4. The lowest BCUT2D eigenvalue weighted by molar-refractivity contribution is -0.123. The van der Waals surface area contributed by atoms with Crippen molar-refractivity contribution in [2.24, 2.45) is 5.92 Å². The number of carbonyl (C=O) groups excluding carboxylic acids is 1. The largest absolute Gasteiger partial charge is 0.354 e. The van der Waals surface area contributed by atoms with Crippen LogP contribution in [0.2, 0.25) is 0 Å². The van der Waals surface area contributed by atoms with Gasteiger partial charge in [-0.1, -0.05) is 25.1 Å². The highest BCUT2D eigenvalue weighted by Crippen LogP contribution is 2.26. The number of nitrogens with one attached hydrogen (secondary N) is 2. The summed E-state index contributed by atoms with van der Waals surface area (Å²) in [5.74, 6) is 0.205. The first-order chi connectivity index (χ1) is 12.5. The summed E-state index contributed by atoms with van der Waals surface area (Å²) < 4.78 is 27.8. The van der Waals surface area contributed by atoms with E-state index in [1.807, 2.05) is 19.1 Å². The summed E-state index contributed by atoms with van der Waals surface area (Å²) in [6, 6.07) is 7.15. The first-order valence-electron chi connectivity index (χ1n) is 9.61. The zero-order valence-corrected chi connectivity index (χ0v) is 16.2. The molecule has 2 saturated heterocycles. The van der Waals surface area contributed by atoms with E-state index in [4.69, 9.17) is 0 Å². The molecule has 7 heteroatoms. The van der Waals surface area contributed by atoms with Crippen molar-refractivity contribution in [1.82, 2.24) is 14.9 Å². The number of hydrogen-bond acceptors (Lipinski definition) is 4. The number of piperidine rings is 1. The van der Waals surface area contributed by atoms with Crippen LogP contribution in [0.5, 0.6) is 0 Å². The van der Waals surface area contributed by atoms with Gasteiger partial charge in [0.2, 0.25) is 15.9 Å². The quantitative estimate of drug-likeness (QED) is 0.785. The van der Waals surface area contributed by atoms with Crippen LogP contribution in [0.1, 0.15) is 38.2 Å². The molecule has 2 atom stereocenters. The molecule has 1 amide bonds. The Labute approximate surface area is 156 Å². The maximum absolute atomic E-state index is 13.1. The molecule has 0 aliphatic carbocycles. The molecule has 3 rings (SSSR count). The molecule has 0 radical (unpaired) electrons. The SMILES string of the molecule is CCc1ccccc1S(=O)(=O)N1CCCC(CNC(=O)C2CCCN2)C1. The van der Waals surface area contributed by atoms with Crippen LogP contribution in [0, 0.1) is 5.92 Å². The van der Waals surface area contributed by atoms with Gasteiger partial charge in [0.05, 0.1) is 10.9 Å². The molecular formula is C19H29N3O3S. The van der Waals surface area contributed by atoms with Gasteiger partial charge < -0.3 is 10.6 Å². The van der Waals surface area contributed by atoms with Crippen molar-refractivity contribution in [3.8, 4) is 0 Å². The maximum atomic E-state index is 13.1. The minimum Gasteiger partial charge on any atom is -0.354 e. The van der Waals surface area contributed by atoms with Crippen LogP contribution in [0.4, 0.5) is 0 Å². The van der Waals surface area contributed by atoms with Crippen molar-refractivity contribution in [3.05, 3.63) is 29.8 Å². The number of carbonyl (C=O) groups is 1. The van der Waals surface area contributed by atoms with Gasteiger partial charge in [0, 0.05) is 19.6 Å². The van der Waals surface area contributed by atoms with Crippen LogP contribution >= 0.6 is 0 Å². The minimum atomic E-state index is -3.48. The number of rotatable bonds is 6. The minimum absolute atomic E-state index is 0.0406. The molecule has 1 aromatic rings. The first kappa shape index (κ1) is 19.3. The highest BCUT2D eigenvalue weighted by atomic mass is 32.2. The molecular weight excluding hydrogens is 350 g/mol. The normalized spacial score (nSPS) is 24.5. The molecule has 2 aliphatic rings. The number of sulfonamides is 1. The molecule has 144 valence electrons. The molecule has 26 heavy (non-hydrogen) atoms. The van der Waals surface area contributed by atoms with Crippen molar-refractivity contribution < 1.29 is 13.2 Å². The average molecular weight is 380 g/mol. The van der Waals surface area contributed by atoms with E-state index in [-0.39, 0.29) is 17.9 Å². The molecule has 0 aromatic heterocycles. The van der Waals surface area contributed by atoms with E-state index in [0.717, 1.165) is 37.8 Å². The second kappa shape index (κ2) is 8.50. The van der Waals surface area contributed by atoms with Gasteiger partial charge in [-0.3, -0.25) is 4.79 Å². The smallest absolute Gasteiger partial charge is 0.243 e. The van der Waals surface area contributed by atoms with Crippen LogP contribution in [0.25, 0.3) is 0 Å². The Bertz CT molecular complexity index is 729. The van der Waals surface area contributed by atoms with E-state index in [2.05, 4.69) is 10.6 Å². The Morgan fingerprint density at radius 1 is 1.27 bits per heavy atom. The Kier molecular flexibility index (Phi) is 6.32. The van der Waals surface area contributed by atoms with Gasteiger partial charge in [-0.2, -0.15) is 4.31 Å². The van der Waals surface area contributed by atoms with Crippen molar-refractivity contribution in [3.63, 3.8) is 0 Å². The lowest BCUT2D eigenvalue weighted by atomic mass is 9.99. The lowest BCUT2D eigenvalue weighted by Gasteiger charge is -2.32. The second-order valence-electron chi connectivity index (χ2n) is 7.23. The Morgan fingerprint density at radius 2 is 2.08 bits per heavy atom. The van der Waals surface area contributed by atoms with Crippen molar-refractivity contribution in [2.75, 3.05) is 26.2 Å². The number of benzene rings is 1. The third-order valence-electron chi connectivity index (χ3n) is 5.39. The predicted molar refractivity (Wildman–Crippen MR) is 101 cm³/mol. The average Bonchev–Trinajstić information content (AvgIpc) is 3.21. The third-order valence-corrected chi connectivity index (χ3v) is 7.36. The topological polar surface area (TPSA) is 78.5 Å². The summed E-state index contributed by atoms with van der Waals surface area (Å²) in [5, 5.41) is 6.20. The highest BCUT2D eigenvalue weighted by molar-refractivity contribution is 7.89. The molecule has 1 aromatic carbocycles. The summed E-state index contributed by atoms with van der Waals surface area (Å²) in [6.45, 7) is 4.43. The lowest BCUT2D eigenvalue weighted by Crippen LogP contribution is -2.46. The Balaban J connectivity index is 1.63. The van der Waals surface area contributed by atoms with Gasteiger partial charge in [-0.15, -0.1) is 0 Å². The summed E-state index contributed by atoms with van der Waals surface area (Å²) in [4.78, 5) is 12.6. The van der Waals surface area contributed by atoms with Crippen LogP contribution in [0.15, 0.2) is 29.2 Å². The molecule has 0 spiro atoms. The van der Waals surface area contributed by atoms with E-state index >= 15 is 0 Å². The fraction of sp³-hybridized carbons (Fsp3) is 0.632. The predicted octanol–water partition coefficient (Wildman–Crippen LogP) is 1.52. The summed E-state index contributed by atoms with van der Waals surface area (Å²) in [7, 11) is -3.48. The third kappa shape index (κ3) is 4.27. The molecule has 0 bridgehead atoms. The molecule has 2 unspecified atom stereocenters. The maximum Gasteiger partial charge on any atom is 0.243 e.